The van der Waals surface area contributed by atoms with Gasteiger partial charge in [0.15, 0.2) is 0 Å². The van der Waals surface area contributed by atoms with E-state index in [2.05, 4.69) is 5.32 Å². The van der Waals surface area contributed by atoms with Gasteiger partial charge >= 0.3 is 6.03 Å². The van der Waals surface area contributed by atoms with E-state index in [9.17, 15) is 9.59 Å². The molecule has 1 aromatic carbocycles. The third-order valence-electron chi connectivity index (χ3n) is 4.29. The van der Waals surface area contributed by atoms with Crippen LogP contribution in [0.25, 0.3) is 0 Å². The number of carbonyl (C=O) groups is 2. The average Bonchev–Trinajstić information content (AvgIpc) is 2.90. The summed E-state index contributed by atoms with van der Waals surface area (Å²) in [6.45, 7) is 0. The number of carbonyl (C=O) groups excluding carboxylic acids is 2. The highest BCUT2D eigenvalue weighted by atomic mass is 16.2. The van der Waals surface area contributed by atoms with Crippen molar-refractivity contribution in [2.75, 3.05) is 7.05 Å². The number of likely N-dealkylation sites (N-methyl/N-ethyl adjacent to an activating group) is 1. The molecule has 1 saturated heterocycles. The molecule has 2 fully saturated rings. The van der Waals surface area contributed by atoms with E-state index < -0.39 is 5.54 Å². The molecule has 4 nitrogen and oxygen atoms in total. The van der Waals surface area contributed by atoms with Crippen LogP contribution in [0, 0.1) is 0 Å². The van der Waals surface area contributed by atoms with Crippen LogP contribution in [-0.4, -0.2) is 37.3 Å². The van der Waals surface area contributed by atoms with Gasteiger partial charge < -0.3 is 5.32 Å². The van der Waals surface area contributed by atoms with Crippen LogP contribution >= 0.6 is 0 Å². The smallest absolute Gasteiger partial charge is 0.323 e. The second-order valence-electron chi connectivity index (χ2n) is 5.48. The number of hydrogen-bond donors (Lipinski definition) is 1. The van der Waals surface area contributed by atoms with E-state index in [0.717, 1.165) is 11.9 Å². The van der Waals surface area contributed by atoms with Crippen molar-refractivity contribution in [1.82, 2.24) is 10.2 Å². The van der Waals surface area contributed by atoms with Crippen LogP contribution in [0.2, 0.25) is 0 Å². The molecule has 1 aliphatic carbocycles. The van der Waals surface area contributed by atoms with E-state index in [1.54, 1.807) is 0 Å². The summed E-state index contributed by atoms with van der Waals surface area (Å²) in [6, 6.07) is 7.47. The molecule has 1 aromatic rings. The molecule has 2 atom stereocenters. The number of urea groups is 1. The Kier molecular flexibility index (Phi) is 2.66. The minimum atomic E-state index is -0.683. The van der Waals surface area contributed by atoms with Crippen LogP contribution in [0.15, 0.2) is 24.3 Å². The van der Waals surface area contributed by atoms with Crippen molar-refractivity contribution in [1.29, 1.82) is 0 Å². The first-order valence-corrected chi connectivity index (χ1v) is 6.47. The third kappa shape index (κ3) is 1.84. The number of nitrogens with one attached hydrogen (secondary N) is 1. The molecular weight excluding hydrogens is 239 g/mol. The highest BCUT2D eigenvalue weighted by Gasteiger charge is 2.53. The molecule has 0 unspecified atom stereocenters. The van der Waals surface area contributed by atoms with E-state index in [0.29, 0.717) is 18.8 Å². The van der Waals surface area contributed by atoms with Crippen LogP contribution in [-0.2, 0) is 4.79 Å². The molecule has 2 radical (unpaired) electrons. The van der Waals surface area contributed by atoms with Crippen LogP contribution in [0.1, 0.15) is 30.7 Å². The molecule has 3 rings (SSSR count). The number of nitrogens with zero attached hydrogens (tertiary/aromatic N) is 1. The Bertz CT molecular complexity index is 543. The maximum absolute atomic E-state index is 12.2. The van der Waals surface area contributed by atoms with E-state index >= 15 is 0 Å². The van der Waals surface area contributed by atoms with Crippen molar-refractivity contribution in [2.24, 2.45) is 0 Å². The van der Waals surface area contributed by atoms with Crippen LogP contribution in [0.5, 0.6) is 0 Å². The highest BCUT2D eigenvalue weighted by Crippen LogP contribution is 2.43. The normalized spacial score (nSPS) is 30.2. The summed E-state index contributed by atoms with van der Waals surface area (Å²) in [6.07, 6.45) is 2.28. The van der Waals surface area contributed by atoms with Gasteiger partial charge in [0.05, 0.1) is 0 Å². The van der Waals surface area contributed by atoms with Gasteiger partial charge in [-0.15, -0.1) is 0 Å². The second kappa shape index (κ2) is 4.12. The average molecular weight is 254 g/mol. The predicted molar refractivity (Wildman–Crippen MR) is 72.5 cm³/mol. The number of rotatable bonds is 1. The van der Waals surface area contributed by atoms with Crippen molar-refractivity contribution in [2.45, 2.75) is 30.7 Å². The molecule has 1 aliphatic heterocycles. The molecule has 3 amide bonds. The lowest BCUT2D eigenvalue weighted by atomic mass is 9.89. The molecule has 0 aromatic heterocycles. The van der Waals surface area contributed by atoms with E-state index in [4.69, 9.17) is 7.85 Å². The number of imide groups is 1. The van der Waals surface area contributed by atoms with Gasteiger partial charge in [0.1, 0.15) is 13.4 Å². The van der Waals surface area contributed by atoms with E-state index in [-0.39, 0.29) is 11.9 Å². The topological polar surface area (TPSA) is 49.4 Å². The molecular formula is C14H15BN2O2. The Morgan fingerprint density at radius 3 is 2.58 bits per heavy atom. The minimum absolute atomic E-state index is 0.101. The zero-order valence-electron chi connectivity index (χ0n) is 10.8. The lowest BCUT2D eigenvalue weighted by molar-refractivity contribution is -0.130. The van der Waals surface area contributed by atoms with Gasteiger partial charge in [-0.3, -0.25) is 9.69 Å². The fourth-order valence-electron chi connectivity index (χ4n) is 3.16. The van der Waals surface area contributed by atoms with Crippen molar-refractivity contribution in [3.8, 4) is 0 Å². The number of amides is 3. The summed E-state index contributed by atoms with van der Waals surface area (Å²) in [4.78, 5) is 25.0. The summed E-state index contributed by atoms with van der Waals surface area (Å²) in [5, 5.41) is 2.85. The number of hydrogen-bond acceptors (Lipinski definition) is 2. The summed E-state index contributed by atoms with van der Waals surface area (Å²) in [5.74, 6) is 0.201. The Labute approximate surface area is 113 Å². The van der Waals surface area contributed by atoms with Gasteiger partial charge in [-0.05, 0) is 30.7 Å². The van der Waals surface area contributed by atoms with Crippen LogP contribution < -0.4 is 10.8 Å². The molecule has 96 valence electrons. The second-order valence-corrected chi connectivity index (χ2v) is 5.48. The van der Waals surface area contributed by atoms with Gasteiger partial charge in [-0.2, -0.15) is 0 Å². The van der Waals surface area contributed by atoms with Crippen molar-refractivity contribution in [3.63, 3.8) is 0 Å². The molecule has 0 bridgehead atoms. The first-order chi connectivity index (χ1) is 9.02. The molecule has 5 heteroatoms. The summed E-state index contributed by atoms with van der Waals surface area (Å²) < 4.78 is 0. The standard InChI is InChI=1S/C14H15BN2O2/c1-17-12(18)14(16-13(17)19)7-6-10(8-14)9-2-4-11(15)5-3-9/h2-5,10H,6-8H2,1H3,(H,16,19)/t10-,14-/m0/s1. The predicted octanol–water partition coefficient (Wildman–Crippen LogP) is 0.668. The molecule has 1 N–H and O–H groups in total. The zero-order chi connectivity index (χ0) is 13.6. The lowest BCUT2D eigenvalue weighted by Gasteiger charge is -2.20. The minimum Gasteiger partial charge on any atom is -0.323 e. The fraction of sp³-hybridized carbons (Fsp3) is 0.429. The molecule has 1 spiro atoms. The van der Waals surface area contributed by atoms with E-state index in [1.165, 1.54) is 17.5 Å². The summed E-state index contributed by atoms with van der Waals surface area (Å²) in [7, 11) is 7.21. The van der Waals surface area contributed by atoms with Crippen molar-refractivity contribution < 1.29 is 9.59 Å². The van der Waals surface area contributed by atoms with Crippen LogP contribution in [0.3, 0.4) is 0 Å². The zero-order valence-corrected chi connectivity index (χ0v) is 10.8. The maximum atomic E-state index is 12.2. The van der Waals surface area contributed by atoms with Crippen LogP contribution in [0.4, 0.5) is 4.79 Å². The largest absolute Gasteiger partial charge is 0.324 e. The summed E-state index contributed by atoms with van der Waals surface area (Å²) >= 11 is 0. The van der Waals surface area contributed by atoms with Gasteiger partial charge in [-0.1, -0.05) is 29.7 Å². The molecule has 2 aliphatic rings. The lowest BCUT2D eigenvalue weighted by Crippen LogP contribution is -2.44. The highest BCUT2D eigenvalue weighted by molar-refractivity contribution is 6.32. The Morgan fingerprint density at radius 2 is 2.00 bits per heavy atom. The molecule has 1 saturated carbocycles. The monoisotopic (exact) mass is 254 g/mol. The van der Waals surface area contributed by atoms with E-state index in [1.807, 2.05) is 24.3 Å². The quantitative estimate of drug-likeness (QED) is 0.591. The Hall–Kier alpha value is -1.78. The third-order valence-corrected chi connectivity index (χ3v) is 4.29. The van der Waals surface area contributed by atoms with Crippen molar-refractivity contribution >= 4 is 25.2 Å². The number of benzene rings is 1. The first-order valence-electron chi connectivity index (χ1n) is 6.47. The molecule has 19 heavy (non-hydrogen) atoms. The van der Waals surface area contributed by atoms with Gasteiger partial charge in [0.2, 0.25) is 0 Å². The maximum Gasteiger partial charge on any atom is 0.324 e. The Balaban J connectivity index is 1.83. The van der Waals surface area contributed by atoms with Gasteiger partial charge in [0, 0.05) is 7.05 Å². The first kappa shape index (κ1) is 12.3. The SMILES string of the molecule is [B]c1ccc([C@H]2CC[C@@]3(C2)NC(=O)N(C)C3=O)cc1. The van der Waals surface area contributed by atoms with Gasteiger partial charge in [0.25, 0.3) is 5.91 Å². The molecule has 1 heterocycles. The van der Waals surface area contributed by atoms with Gasteiger partial charge in [-0.25, -0.2) is 4.79 Å². The summed E-state index contributed by atoms with van der Waals surface area (Å²) in [5.41, 5.74) is 1.24. The fourth-order valence-corrected chi connectivity index (χ4v) is 3.16. The van der Waals surface area contributed by atoms with Crippen molar-refractivity contribution in [3.05, 3.63) is 29.8 Å². The Morgan fingerprint density at radius 1 is 1.32 bits per heavy atom.